The third-order valence-corrected chi connectivity index (χ3v) is 22.8. The number of rotatable bonds is 74. The summed E-state index contributed by atoms with van der Waals surface area (Å²) in [5.41, 5.74) is 0. The Morgan fingerprint density at radius 3 is 0.935 bits per heavy atom. The molecule has 3 heterocycles. The molecule has 0 bridgehead atoms. The molecule has 0 aromatic heterocycles. The van der Waals surface area contributed by atoms with E-state index in [1.807, 2.05) is 6.08 Å². The van der Waals surface area contributed by atoms with Crippen LogP contribution in [0.3, 0.4) is 0 Å². The first-order chi connectivity index (χ1) is 52.3. The van der Waals surface area contributed by atoms with E-state index in [1.165, 1.54) is 327 Å². The van der Waals surface area contributed by atoms with Crippen molar-refractivity contribution in [3.05, 3.63) is 24.3 Å². The van der Waals surface area contributed by atoms with Gasteiger partial charge in [-0.15, -0.1) is 0 Å². The van der Waals surface area contributed by atoms with Gasteiger partial charge in [0.05, 0.1) is 38.6 Å². The van der Waals surface area contributed by atoms with Crippen molar-refractivity contribution in [1.29, 1.82) is 0 Å². The van der Waals surface area contributed by atoms with Crippen LogP contribution in [-0.2, 0) is 33.2 Å². The standard InChI is InChI=1S/C88H167NO18/c1-3-5-7-9-11-13-15-17-19-21-23-25-27-28-29-30-31-32-33-34-35-36-37-38-39-40-41-42-44-46-48-50-52-54-56-58-60-62-64-66-76(94)89-71(72(93)65-63-61-59-57-55-53-51-49-47-45-43-26-24-22-20-18-16-14-12-10-8-6-4-2)70-102-86-82(100)79(97)84(74(68-91)104-86)107-88-83(101)80(98)85(75(69-92)105-88)106-87-81(99)78(96)77(95)73(67-90)103-87/h55,57,63,65,71-75,77-88,90-93,95-101H,3-54,56,58-62,64,66-70H2,1-2H3,(H,89,94)/b57-55+,65-63+. The second-order valence-corrected chi connectivity index (χ2v) is 32.4. The Kier molecular flexibility index (Phi) is 63.8. The average Bonchev–Trinajstić information content (AvgIpc) is 0.782. The summed E-state index contributed by atoms with van der Waals surface area (Å²) in [6.07, 6.45) is 59.3. The number of carbonyl (C=O) groups excluding carboxylic acids is 1. The van der Waals surface area contributed by atoms with Gasteiger partial charge in [-0.3, -0.25) is 4.79 Å². The number of ether oxygens (including phenoxy) is 6. The first kappa shape index (κ1) is 99.5. The van der Waals surface area contributed by atoms with Gasteiger partial charge in [0, 0.05) is 6.42 Å². The zero-order valence-corrected chi connectivity index (χ0v) is 68.2. The molecule has 632 valence electrons. The third kappa shape index (κ3) is 47.7. The fourth-order valence-electron chi connectivity index (χ4n) is 15.6. The van der Waals surface area contributed by atoms with Crippen molar-refractivity contribution >= 4 is 5.91 Å². The van der Waals surface area contributed by atoms with Crippen molar-refractivity contribution < 1.29 is 89.4 Å². The van der Waals surface area contributed by atoms with Gasteiger partial charge in [0.2, 0.25) is 5.91 Å². The zero-order chi connectivity index (χ0) is 77.4. The molecule has 12 N–H and O–H groups in total. The van der Waals surface area contributed by atoms with Crippen LogP contribution < -0.4 is 5.32 Å². The molecule has 0 aromatic carbocycles. The maximum Gasteiger partial charge on any atom is 0.220 e. The minimum absolute atomic E-state index is 0.241. The first-order valence-corrected chi connectivity index (χ1v) is 45.1. The Labute approximate surface area is 651 Å². The Morgan fingerprint density at radius 2 is 0.598 bits per heavy atom. The first-order valence-electron chi connectivity index (χ1n) is 45.1. The molecular formula is C88H167NO18. The van der Waals surface area contributed by atoms with Gasteiger partial charge < -0.3 is 89.9 Å². The van der Waals surface area contributed by atoms with E-state index in [-0.39, 0.29) is 18.9 Å². The summed E-state index contributed by atoms with van der Waals surface area (Å²) in [5.74, 6) is -0.276. The lowest BCUT2D eigenvalue weighted by Crippen LogP contribution is -2.66. The molecule has 0 aromatic rings. The van der Waals surface area contributed by atoms with Gasteiger partial charge in [0.25, 0.3) is 0 Å². The van der Waals surface area contributed by atoms with Crippen molar-refractivity contribution in [3.8, 4) is 0 Å². The van der Waals surface area contributed by atoms with Gasteiger partial charge in [-0.05, 0) is 32.1 Å². The Balaban J connectivity index is 1.30. The van der Waals surface area contributed by atoms with Crippen molar-refractivity contribution in [2.75, 3.05) is 26.4 Å². The molecule has 3 rings (SSSR count). The third-order valence-electron chi connectivity index (χ3n) is 22.8. The number of aliphatic hydroxyl groups is 11. The molecule has 0 spiro atoms. The molecule has 17 unspecified atom stereocenters. The SMILES string of the molecule is CCCCCCCCCCCCCCCCCCC/C=C/CC/C=C/C(O)C(COC1OC(CO)C(OC2OC(CO)C(OC3OC(CO)C(O)C(O)C3O)C(O)C2O)C(O)C1O)NC(=O)CCCCCCCCCCCCCCCCCCCCCCCCCCCCCCCCCCCCCCCCC. The summed E-state index contributed by atoms with van der Waals surface area (Å²) in [6, 6.07) is -0.989. The van der Waals surface area contributed by atoms with Crippen LogP contribution in [0.4, 0.5) is 0 Å². The predicted molar refractivity (Wildman–Crippen MR) is 430 cm³/mol. The van der Waals surface area contributed by atoms with E-state index < -0.39 is 124 Å². The highest BCUT2D eigenvalue weighted by Gasteiger charge is 2.54. The van der Waals surface area contributed by atoms with Gasteiger partial charge >= 0.3 is 0 Å². The maximum absolute atomic E-state index is 13.5. The summed E-state index contributed by atoms with van der Waals surface area (Å²) < 4.78 is 34.5. The highest BCUT2D eigenvalue weighted by atomic mass is 16.8. The van der Waals surface area contributed by atoms with E-state index in [1.54, 1.807) is 6.08 Å². The summed E-state index contributed by atoms with van der Waals surface area (Å²) in [7, 11) is 0. The highest BCUT2D eigenvalue weighted by Crippen LogP contribution is 2.34. The number of amides is 1. The van der Waals surface area contributed by atoms with Crippen LogP contribution in [0.25, 0.3) is 0 Å². The quantitative estimate of drug-likeness (QED) is 0.0199. The summed E-state index contributed by atoms with van der Waals surface area (Å²) in [5, 5.41) is 121. The topological polar surface area (TPSA) is 307 Å². The molecular weight excluding hydrogens is 1360 g/mol. The van der Waals surface area contributed by atoms with E-state index in [2.05, 4.69) is 31.3 Å². The Hall–Kier alpha value is -1.73. The second kappa shape index (κ2) is 68.7. The summed E-state index contributed by atoms with van der Waals surface area (Å²) in [4.78, 5) is 13.5. The number of unbranched alkanes of at least 4 members (excludes halogenated alkanes) is 56. The summed E-state index contributed by atoms with van der Waals surface area (Å²) in [6.45, 7) is 1.79. The van der Waals surface area contributed by atoms with Crippen molar-refractivity contribution in [1.82, 2.24) is 5.32 Å². The minimum atomic E-state index is -1.98. The van der Waals surface area contributed by atoms with Crippen molar-refractivity contribution in [2.45, 2.75) is 503 Å². The number of hydrogen-bond donors (Lipinski definition) is 12. The maximum atomic E-state index is 13.5. The van der Waals surface area contributed by atoms with Crippen LogP contribution in [0, 0.1) is 0 Å². The van der Waals surface area contributed by atoms with Gasteiger partial charge in [-0.2, -0.15) is 0 Å². The van der Waals surface area contributed by atoms with Crippen LogP contribution in [0.5, 0.6) is 0 Å². The molecule has 0 radical (unpaired) electrons. The van der Waals surface area contributed by atoms with Crippen LogP contribution in [0.1, 0.15) is 399 Å². The molecule has 3 aliphatic rings. The van der Waals surface area contributed by atoms with E-state index >= 15 is 0 Å². The number of aliphatic hydroxyl groups excluding tert-OH is 11. The second-order valence-electron chi connectivity index (χ2n) is 32.4. The fourth-order valence-corrected chi connectivity index (χ4v) is 15.6. The number of nitrogens with one attached hydrogen (secondary N) is 1. The molecule has 0 saturated carbocycles. The summed E-state index contributed by atoms with van der Waals surface area (Å²) >= 11 is 0. The highest BCUT2D eigenvalue weighted by molar-refractivity contribution is 5.76. The molecule has 17 atom stereocenters. The van der Waals surface area contributed by atoms with E-state index in [4.69, 9.17) is 28.4 Å². The monoisotopic (exact) mass is 1530 g/mol. The van der Waals surface area contributed by atoms with Crippen LogP contribution in [-0.4, -0.2) is 193 Å². The van der Waals surface area contributed by atoms with Crippen molar-refractivity contribution in [2.24, 2.45) is 0 Å². The zero-order valence-electron chi connectivity index (χ0n) is 68.2. The fraction of sp³-hybridized carbons (Fsp3) is 0.943. The van der Waals surface area contributed by atoms with Gasteiger partial charge in [0.15, 0.2) is 18.9 Å². The predicted octanol–water partition coefficient (Wildman–Crippen LogP) is 16.9. The van der Waals surface area contributed by atoms with E-state index in [0.29, 0.717) is 12.8 Å². The molecule has 19 nitrogen and oxygen atoms in total. The van der Waals surface area contributed by atoms with E-state index in [9.17, 15) is 61.0 Å². The largest absolute Gasteiger partial charge is 0.394 e. The molecule has 19 heteroatoms. The molecule has 1 amide bonds. The molecule has 0 aliphatic carbocycles. The minimum Gasteiger partial charge on any atom is -0.394 e. The number of carbonyl (C=O) groups is 1. The van der Waals surface area contributed by atoms with Crippen molar-refractivity contribution in [3.63, 3.8) is 0 Å². The average molecular weight is 1530 g/mol. The Morgan fingerprint density at radius 1 is 0.327 bits per heavy atom. The normalized spacial score (nSPS) is 25.6. The van der Waals surface area contributed by atoms with Gasteiger partial charge in [-0.25, -0.2) is 0 Å². The van der Waals surface area contributed by atoms with Crippen LogP contribution >= 0.6 is 0 Å². The van der Waals surface area contributed by atoms with Crippen LogP contribution in [0.2, 0.25) is 0 Å². The number of allylic oxidation sites excluding steroid dienone is 3. The smallest absolute Gasteiger partial charge is 0.220 e. The van der Waals surface area contributed by atoms with E-state index in [0.717, 1.165) is 38.5 Å². The molecule has 3 aliphatic heterocycles. The molecule has 3 fully saturated rings. The molecule has 107 heavy (non-hydrogen) atoms. The lowest BCUT2D eigenvalue weighted by Gasteiger charge is -2.48. The Bertz CT molecular complexity index is 2020. The van der Waals surface area contributed by atoms with Crippen LogP contribution in [0.15, 0.2) is 24.3 Å². The molecule has 3 saturated heterocycles. The van der Waals surface area contributed by atoms with Gasteiger partial charge in [0.1, 0.15) is 73.2 Å². The lowest BCUT2D eigenvalue weighted by atomic mass is 9.96. The lowest BCUT2D eigenvalue weighted by molar-refractivity contribution is -0.379. The number of hydrogen-bond acceptors (Lipinski definition) is 18. The van der Waals surface area contributed by atoms with Gasteiger partial charge in [-0.1, -0.05) is 385 Å².